The predicted molar refractivity (Wildman–Crippen MR) is 94.8 cm³/mol. The van der Waals surface area contributed by atoms with Crippen molar-refractivity contribution in [2.45, 2.75) is 39.2 Å². The highest BCUT2D eigenvalue weighted by Crippen LogP contribution is 2.15. The van der Waals surface area contributed by atoms with E-state index in [0.717, 1.165) is 39.0 Å². The summed E-state index contributed by atoms with van der Waals surface area (Å²) in [6.07, 6.45) is 1.96. The first-order valence-corrected chi connectivity index (χ1v) is 8.09. The Balaban J connectivity index is 2.53. The molecule has 1 aromatic rings. The highest BCUT2D eigenvalue weighted by Gasteiger charge is 2.06. The average molecular weight is 305 g/mol. The van der Waals surface area contributed by atoms with Crippen LogP contribution in [0.2, 0.25) is 0 Å². The lowest BCUT2D eigenvalue weighted by atomic mass is 10.0. The average Bonchev–Trinajstić information content (AvgIpc) is 2.49. The topological polar surface area (TPSA) is 93.7 Å². The van der Waals surface area contributed by atoms with E-state index in [1.807, 2.05) is 0 Å². The Morgan fingerprint density at radius 3 is 2.27 bits per heavy atom. The van der Waals surface area contributed by atoms with Gasteiger partial charge in [0, 0.05) is 19.6 Å². The lowest BCUT2D eigenvalue weighted by Gasteiger charge is -2.22. The first-order valence-electron chi connectivity index (χ1n) is 8.09. The quantitative estimate of drug-likeness (QED) is 0.348. The number of hydrogen-bond acceptors (Lipinski definition) is 3. The van der Waals surface area contributed by atoms with Gasteiger partial charge >= 0.3 is 0 Å². The van der Waals surface area contributed by atoms with E-state index < -0.39 is 0 Å². The Kier molecular flexibility index (Phi) is 8.55. The number of aliphatic imine (C=N–C) groups is 1. The van der Waals surface area contributed by atoms with Crippen LogP contribution in [0.4, 0.5) is 0 Å². The molecule has 22 heavy (non-hydrogen) atoms. The second-order valence-electron chi connectivity index (χ2n) is 5.97. The van der Waals surface area contributed by atoms with Crippen molar-refractivity contribution < 1.29 is 0 Å². The molecule has 0 aromatic heterocycles. The van der Waals surface area contributed by atoms with Crippen molar-refractivity contribution in [3.05, 3.63) is 35.4 Å². The fraction of sp³-hybridized carbons (Fsp3) is 0.588. The molecule has 0 unspecified atom stereocenters. The minimum Gasteiger partial charge on any atom is -0.370 e. The van der Waals surface area contributed by atoms with Crippen LogP contribution in [0.1, 0.15) is 43.7 Å². The Morgan fingerprint density at radius 2 is 1.73 bits per heavy atom. The van der Waals surface area contributed by atoms with Gasteiger partial charge in [-0.15, -0.1) is 0 Å². The van der Waals surface area contributed by atoms with Crippen molar-refractivity contribution in [1.29, 1.82) is 0 Å². The van der Waals surface area contributed by atoms with Crippen LogP contribution in [-0.4, -0.2) is 37.0 Å². The number of hydrogen-bond donors (Lipinski definition) is 3. The molecule has 0 saturated carbocycles. The number of guanidine groups is 1. The molecule has 0 bridgehead atoms. The van der Waals surface area contributed by atoms with Gasteiger partial charge in [-0.2, -0.15) is 0 Å². The molecule has 0 heterocycles. The Bertz CT molecular complexity index is 435. The molecule has 1 aromatic carbocycles. The molecule has 5 heteroatoms. The fourth-order valence-corrected chi connectivity index (χ4v) is 2.35. The molecule has 6 N–H and O–H groups in total. The van der Waals surface area contributed by atoms with Gasteiger partial charge < -0.3 is 17.2 Å². The van der Waals surface area contributed by atoms with Crippen molar-refractivity contribution in [2.24, 2.45) is 22.2 Å². The largest absolute Gasteiger partial charge is 0.370 e. The van der Waals surface area contributed by atoms with Gasteiger partial charge in [0.25, 0.3) is 0 Å². The molecule has 0 radical (unpaired) electrons. The maximum Gasteiger partial charge on any atom is 0.185 e. The summed E-state index contributed by atoms with van der Waals surface area (Å²) in [6.45, 7) is 8.75. The number of benzene rings is 1. The zero-order chi connectivity index (χ0) is 16.4. The van der Waals surface area contributed by atoms with Crippen molar-refractivity contribution in [3.8, 4) is 0 Å². The first-order chi connectivity index (χ1) is 10.5. The lowest BCUT2D eigenvalue weighted by Crippen LogP contribution is -2.28. The lowest BCUT2D eigenvalue weighted by molar-refractivity contribution is 0.262. The monoisotopic (exact) mass is 305 g/mol. The molecule has 0 spiro atoms. The Hall–Kier alpha value is -1.59. The molecule has 0 aliphatic rings. The summed E-state index contributed by atoms with van der Waals surface area (Å²) in [5.41, 5.74) is 19.1. The van der Waals surface area contributed by atoms with E-state index in [4.69, 9.17) is 17.2 Å². The normalized spacial score (nSPS) is 11.1. The third-order valence-corrected chi connectivity index (χ3v) is 3.66. The van der Waals surface area contributed by atoms with E-state index in [-0.39, 0.29) is 5.96 Å². The molecular weight excluding hydrogens is 274 g/mol. The standard InChI is InChI=1S/C17H31N5/c1-14(2)16-7-5-15(6-8-16)13-22(11-3-9-18)12-4-10-21-17(19)20/h5-8,14H,3-4,9-13,18H2,1-2H3,(H4,19,20,21). The van der Waals surface area contributed by atoms with Crippen LogP contribution in [0.3, 0.4) is 0 Å². The van der Waals surface area contributed by atoms with Crippen molar-refractivity contribution in [3.63, 3.8) is 0 Å². The fourth-order valence-electron chi connectivity index (χ4n) is 2.35. The van der Waals surface area contributed by atoms with Crippen LogP contribution in [0, 0.1) is 0 Å². The summed E-state index contributed by atoms with van der Waals surface area (Å²) < 4.78 is 0. The van der Waals surface area contributed by atoms with Crippen molar-refractivity contribution >= 4 is 5.96 Å². The first kappa shape index (κ1) is 18.5. The van der Waals surface area contributed by atoms with Crippen molar-refractivity contribution in [2.75, 3.05) is 26.2 Å². The van der Waals surface area contributed by atoms with Gasteiger partial charge in [-0.05, 0) is 43.0 Å². The van der Waals surface area contributed by atoms with Crippen LogP contribution < -0.4 is 17.2 Å². The zero-order valence-electron chi connectivity index (χ0n) is 14.0. The molecule has 0 aliphatic carbocycles. The second-order valence-corrected chi connectivity index (χ2v) is 5.97. The number of rotatable bonds is 10. The predicted octanol–water partition coefficient (Wildman–Crippen LogP) is 1.62. The zero-order valence-corrected chi connectivity index (χ0v) is 14.0. The summed E-state index contributed by atoms with van der Waals surface area (Å²) in [5.74, 6) is 0.736. The maximum absolute atomic E-state index is 5.64. The molecule has 124 valence electrons. The van der Waals surface area contributed by atoms with Crippen LogP contribution in [-0.2, 0) is 6.54 Å². The van der Waals surface area contributed by atoms with Crippen LogP contribution in [0.15, 0.2) is 29.3 Å². The van der Waals surface area contributed by atoms with E-state index in [9.17, 15) is 0 Å². The van der Waals surface area contributed by atoms with Crippen LogP contribution >= 0.6 is 0 Å². The summed E-state index contributed by atoms with van der Waals surface area (Å²) in [7, 11) is 0. The summed E-state index contributed by atoms with van der Waals surface area (Å²) in [4.78, 5) is 6.45. The van der Waals surface area contributed by atoms with Crippen LogP contribution in [0.5, 0.6) is 0 Å². The molecule has 0 aliphatic heterocycles. The molecule has 1 rings (SSSR count). The molecule has 5 nitrogen and oxygen atoms in total. The molecule has 0 amide bonds. The highest BCUT2D eigenvalue weighted by molar-refractivity contribution is 5.75. The molecule has 0 fully saturated rings. The Labute approximate surface area is 134 Å². The molecule has 0 saturated heterocycles. The summed E-state index contributed by atoms with van der Waals surface area (Å²) >= 11 is 0. The van der Waals surface area contributed by atoms with Gasteiger partial charge in [0.05, 0.1) is 0 Å². The molecular formula is C17H31N5. The van der Waals surface area contributed by atoms with Gasteiger partial charge in [0.15, 0.2) is 5.96 Å². The second kappa shape index (κ2) is 10.2. The minimum atomic E-state index is 0.165. The van der Waals surface area contributed by atoms with E-state index in [1.165, 1.54) is 11.1 Å². The van der Waals surface area contributed by atoms with Crippen molar-refractivity contribution in [1.82, 2.24) is 4.90 Å². The maximum atomic E-state index is 5.64. The minimum absolute atomic E-state index is 0.165. The summed E-state index contributed by atoms with van der Waals surface area (Å²) in [5, 5.41) is 0. The van der Waals surface area contributed by atoms with E-state index in [2.05, 4.69) is 48.0 Å². The highest BCUT2D eigenvalue weighted by atomic mass is 15.1. The van der Waals surface area contributed by atoms with Gasteiger partial charge in [-0.1, -0.05) is 38.1 Å². The molecule has 0 atom stereocenters. The SMILES string of the molecule is CC(C)c1ccc(CN(CCCN)CCCN=C(N)N)cc1. The van der Waals surface area contributed by atoms with Gasteiger partial charge in [-0.25, -0.2) is 0 Å². The van der Waals surface area contributed by atoms with Gasteiger partial charge in [0.1, 0.15) is 0 Å². The smallest absolute Gasteiger partial charge is 0.185 e. The number of nitrogens with zero attached hydrogens (tertiary/aromatic N) is 2. The van der Waals surface area contributed by atoms with E-state index in [0.29, 0.717) is 12.5 Å². The third kappa shape index (κ3) is 7.43. The van der Waals surface area contributed by atoms with E-state index in [1.54, 1.807) is 0 Å². The third-order valence-electron chi connectivity index (χ3n) is 3.66. The number of nitrogens with two attached hydrogens (primary N) is 3. The van der Waals surface area contributed by atoms with Gasteiger partial charge in [-0.3, -0.25) is 9.89 Å². The van der Waals surface area contributed by atoms with E-state index >= 15 is 0 Å². The summed E-state index contributed by atoms with van der Waals surface area (Å²) in [6, 6.07) is 8.89. The Morgan fingerprint density at radius 1 is 1.09 bits per heavy atom. The van der Waals surface area contributed by atoms with Crippen LogP contribution in [0.25, 0.3) is 0 Å². The van der Waals surface area contributed by atoms with Gasteiger partial charge in [0.2, 0.25) is 0 Å².